The number of hydrogen-bond acceptors (Lipinski definition) is 6. The summed E-state index contributed by atoms with van der Waals surface area (Å²) < 4.78 is 5.29. The van der Waals surface area contributed by atoms with Crippen molar-refractivity contribution in [2.24, 2.45) is 0 Å². The first-order valence-electron chi connectivity index (χ1n) is 8.86. The molecule has 2 rings (SSSR count). The number of hydrogen-bond donors (Lipinski definition) is 2. The quantitative estimate of drug-likeness (QED) is 0.730. The third-order valence-corrected chi connectivity index (χ3v) is 3.76. The fourth-order valence-corrected chi connectivity index (χ4v) is 2.47. The van der Waals surface area contributed by atoms with Gasteiger partial charge in [0.05, 0.1) is 18.6 Å². The van der Waals surface area contributed by atoms with Crippen molar-refractivity contribution in [3.8, 4) is 0 Å². The molecule has 0 unspecified atom stereocenters. The number of amides is 2. The maximum atomic E-state index is 12.4. The summed E-state index contributed by atoms with van der Waals surface area (Å²) in [6, 6.07) is 9.04. The summed E-state index contributed by atoms with van der Waals surface area (Å²) in [5.41, 5.74) is -0.243. The van der Waals surface area contributed by atoms with Gasteiger partial charge in [-0.2, -0.15) is 4.98 Å². The zero-order valence-corrected chi connectivity index (χ0v) is 16.4. The number of benzene rings is 1. The second-order valence-electron chi connectivity index (χ2n) is 7.35. The van der Waals surface area contributed by atoms with Crippen molar-refractivity contribution in [2.45, 2.75) is 45.8 Å². The van der Waals surface area contributed by atoms with Crippen LogP contribution >= 0.6 is 0 Å². The van der Waals surface area contributed by atoms with Crippen LogP contribution in [0.15, 0.2) is 34.9 Å². The Kier molecular flexibility index (Phi) is 6.68. The van der Waals surface area contributed by atoms with Gasteiger partial charge in [0.25, 0.3) is 5.91 Å². The zero-order valence-electron chi connectivity index (χ0n) is 16.4. The van der Waals surface area contributed by atoms with E-state index in [1.807, 2.05) is 33.8 Å². The second-order valence-corrected chi connectivity index (χ2v) is 7.35. The molecule has 1 aromatic carbocycles. The summed E-state index contributed by atoms with van der Waals surface area (Å²) in [6.07, 6.45) is 0. The highest BCUT2D eigenvalue weighted by Gasteiger charge is 2.29. The summed E-state index contributed by atoms with van der Waals surface area (Å²) >= 11 is 0. The molecule has 0 spiro atoms. The highest BCUT2D eigenvalue weighted by atomic mass is 16.5. The minimum Gasteiger partial charge on any atom is -0.353 e. The van der Waals surface area contributed by atoms with E-state index in [9.17, 15) is 9.59 Å². The normalized spacial score (nSPS) is 11.7. The van der Waals surface area contributed by atoms with E-state index in [0.717, 1.165) is 0 Å². The van der Waals surface area contributed by atoms with Crippen LogP contribution in [0.5, 0.6) is 0 Å². The summed E-state index contributed by atoms with van der Waals surface area (Å²) in [5.74, 6) is 0.478. The lowest BCUT2D eigenvalue weighted by molar-refractivity contribution is -0.122. The lowest BCUT2D eigenvalue weighted by Gasteiger charge is -2.22. The van der Waals surface area contributed by atoms with Crippen LogP contribution in [-0.4, -0.2) is 46.5 Å². The number of aromatic nitrogens is 2. The molecule has 146 valence electrons. The van der Waals surface area contributed by atoms with E-state index < -0.39 is 5.54 Å². The Morgan fingerprint density at radius 3 is 2.52 bits per heavy atom. The summed E-state index contributed by atoms with van der Waals surface area (Å²) in [6.45, 7) is 8.00. The average molecular weight is 373 g/mol. The Balaban J connectivity index is 1.97. The number of nitrogens with zero attached hydrogens (tertiary/aromatic N) is 3. The van der Waals surface area contributed by atoms with Gasteiger partial charge < -0.3 is 15.2 Å². The Morgan fingerprint density at radius 2 is 1.89 bits per heavy atom. The predicted molar refractivity (Wildman–Crippen MR) is 101 cm³/mol. The first-order chi connectivity index (χ1) is 12.7. The first-order valence-corrected chi connectivity index (χ1v) is 8.86. The van der Waals surface area contributed by atoms with Crippen molar-refractivity contribution < 1.29 is 14.1 Å². The molecule has 0 bridgehead atoms. The van der Waals surface area contributed by atoms with Crippen molar-refractivity contribution >= 4 is 11.8 Å². The standard InChI is InChI=1S/C19H27N5O3/c1-13(2)20-15(25)11-24(5)12-16-21-18(23-27-16)19(3,4)22-17(26)14-9-7-6-8-10-14/h6-10,13H,11-12H2,1-5H3,(H,20,25)(H,22,26). The molecule has 2 aromatic rings. The molecule has 0 radical (unpaired) electrons. The van der Waals surface area contributed by atoms with Crippen LogP contribution < -0.4 is 10.6 Å². The fraction of sp³-hybridized carbons (Fsp3) is 0.474. The molecular formula is C19H27N5O3. The van der Waals surface area contributed by atoms with Gasteiger partial charge in [0, 0.05) is 11.6 Å². The summed E-state index contributed by atoms with van der Waals surface area (Å²) in [4.78, 5) is 30.3. The van der Waals surface area contributed by atoms with Crippen molar-refractivity contribution in [2.75, 3.05) is 13.6 Å². The molecule has 27 heavy (non-hydrogen) atoms. The molecule has 0 fully saturated rings. The van der Waals surface area contributed by atoms with E-state index in [4.69, 9.17) is 4.52 Å². The predicted octanol–water partition coefficient (Wildman–Crippen LogP) is 1.69. The smallest absolute Gasteiger partial charge is 0.252 e. The second kappa shape index (κ2) is 8.77. The van der Waals surface area contributed by atoms with Gasteiger partial charge in [0.1, 0.15) is 0 Å². The van der Waals surface area contributed by atoms with E-state index in [1.54, 1.807) is 36.2 Å². The van der Waals surface area contributed by atoms with Gasteiger partial charge in [-0.3, -0.25) is 14.5 Å². The van der Waals surface area contributed by atoms with Gasteiger partial charge in [0.2, 0.25) is 11.8 Å². The molecule has 0 saturated heterocycles. The van der Waals surface area contributed by atoms with E-state index in [2.05, 4.69) is 20.8 Å². The van der Waals surface area contributed by atoms with Crippen LogP contribution in [0.3, 0.4) is 0 Å². The van der Waals surface area contributed by atoms with Crippen LogP contribution in [0, 0.1) is 0 Å². The number of likely N-dealkylation sites (N-methyl/N-ethyl adjacent to an activating group) is 1. The molecule has 0 aliphatic heterocycles. The Morgan fingerprint density at radius 1 is 1.22 bits per heavy atom. The molecule has 0 aliphatic carbocycles. The third kappa shape index (κ3) is 6.18. The van der Waals surface area contributed by atoms with Gasteiger partial charge in [0.15, 0.2) is 5.82 Å². The highest BCUT2D eigenvalue weighted by Crippen LogP contribution is 2.18. The highest BCUT2D eigenvalue weighted by molar-refractivity contribution is 5.94. The van der Waals surface area contributed by atoms with Gasteiger partial charge >= 0.3 is 0 Å². The van der Waals surface area contributed by atoms with Crippen molar-refractivity contribution in [1.29, 1.82) is 0 Å². The van der Waals surface area contributed by atoms with Crippen molar-refractivity contribution in [3.05, 3.63) is 47.6 Å². The Hall–Kier alpha value is -2.74. The van der Waals surface area contributed by atoms with Crippen molar-refractivity contribution in [3.63, 3.8) is 0 Å². The van der Waals surface area contributed by atoms with Gasteiger partial charge in [-0.15, -0.1) is 0 Å². The largest absolute Gasteiger partial charge is 0.353 e. The van der Waals surface area contributed by atoms with E-state index in [-0.39, 0.29) is 24.4 Å². The van der Waals surface area contributed by atoms with Crippen LogP contribution in [0.1, 0.15) is 49.8 Å². The number of carbonyl (C=O) groups excluding carboxylic acids is 2. The lowest BCUT2D eigenvalue weighted by atomic mass is 10.0. The number of carbonyl (C=O) groups is 2. The molecule has 1 heterocycles. The molecule has 8 nitrogen and oxygen atoms in total. The molecule has 2 amide bonds. The summed E-state index contributed by atoms with van der Waals surface area (Å²) in [7, 11) is 1.80. The minimum atomic E-state index is -0.803. The lowest BCUT2D eigenvalue weighted by Crippen LogP contribution is -2.42. The van der Waals surface area contributed by atoms with Crippen molar-refractivity contribution in [1.82, 2.24) is 25.7 Å². The minimum absolute atomic E-state index is 0.0670. The topological polar surface area (TPSA) is 100 Å². The molecule has 0 aliphatic rings. The Bertz CT molecular complexity index is 771. The van der Waals surface area contributed by atoms with E-state index in [1.165, 1.54) is 0 Å². The van der Waals surface area contributed by atoms with E-state index in [0.29, 0.717) is 23.8 Å². The maximum absolute atomic E-state index is 12.4. The van der Waals surface area contributed by atoms with Crippen LogP contribution in [0.25, 0.3) is 0 Å². The molecule has 0 atom stereocenters. The summed E-state index contributed by atoms with van der Waals surface area (Å²) in [5, 5.41) is 9.73. The molecular weight excluding hydrogens is 346 g/mol. The SMILES string of the molecule is CC(C)NC(=O)CN(C)Cc1nc(C(C)(C)NC(=O)c2ccccc2)no1. The van der Waals surface area contributed by atoms with E-state index >= 15 is 0 Å². The van der Waals surface area contributed by atoms with Crippen LogP contribution in [0.4, 0.5) is 0 Å². The average Bonchev–Trinajstić information content (AvgIpc) is 3.03. The third-order valence-electron chi connectivity index (χ3n) is 3.76. The fourth-order valence-electron chi connectivity index (χ4n) is 2.47. The van der Waals surface area contributed by atoms with Crippen LogP contribution in [0.2, 0.25) is 0 Å². The number of nitrogens with one attached hydrogen (secondary N) is 2. The van der Waals surface area contributed by atoms with Gasteiger partial charge in [-0.25, -0.2) is 0 Å². The molecule has 8 heteroatoms. The Labute approximate surface area is 159 Å². The van der Waals surface area contributed by atoms with Gasteiger partial charge in [-0.05, 0) is 46.9 Å². The first kappa shape index (κ1) is 20.6. The molecule has 2 N–H and O–H groups in total. The molecule has 1 aromatic heterocycles. The van der Waals surface area contributed by atoms with Crippen LogP contribution in [-0.2, 0) is 16.9 Å². The zero-order chi connectivity index (χ0) is 20.0. The monoisotopic (exact) mass is 373 g/mol. The maximum Gasteiger partial charge on any atom is 0.252 e. The molecule has 0 saturated carbocycles. The van der Waals surface area contributed by atoms with Gasteiger partial charge in [-0.1, -0.05) is 23.4 Å². The number of rotatable bonds is 8.